The maximum Gasteiger partial charge on any atom is 0.223 e. The molecule has 0 fully saturated rings. The third-order valence-corrected chi connectivity index (χ3v) is 4.88. The molecule has 0 aliphatic carbocycles. The number of nitrogens with zero attached hydrogens (tertiary/aromatic N) is 5. The summed E-state index contributed by atoms with van der Waals surface area (Å²) in [5.74, 6) is -0.948. The van der Waals surface area contributed by atoms with Gasteiger partial charge < -0.3 is 5.32 Å². The first-order valence-electron chi connectivity index (χ1n) is 9.22. The summed E-state index contributed by atoms with van der Waals surface area (Å²) < 4.78 is 28.0. The van der Waals surface area contributed by atoms with Crippen molar-refractivity contribution < 1.29 is 8.78 Å². The lowest BCUT2D eigenvalue weighted by molar-refractivity contribution is 0.543. The second-order valence-corrected chi connectivity index (χ2v) is 6.82. The van der Waals surface area contributed by atoms with Crippen LogP contribution in [0.5, 0.6) is 0 Å². The Morgan fingerprint density at radius 3 is 2.67 bits per heavy atom. The molecule has 30 heavy (non-hydrogen) atoms. The number of nitrogens with one attached hydrogen (secondary N) is 2. The quantitative estimate of drug-likeness (QED) is 0.462. The molecule has 0 spiro atoms. The topological polar surface area (TPSA) is 92.3 Å². The van der Waals surface area contributed by atoms with Crippen LogP contribution in [0.2, 0.25) is 0 Å². The van der Waals surface area contributed by atoms with Crippen molar-refractivity contribution in [1.82, 2.24) is 30.1 Å². The molecule has 0 aliphatic heterocycles. The van der Waals surface area contributed by atoms with Gasteiger partial charge in [0.15, 0.2) is 5.65 Å². The van der Waals surface area contributed by atoms with Crippen molar-refractivity contribution >= 4 is 27.9 Å². The Labute approximate surface area is 169 Å². The highest BCUT2D eigenvalue weighted by Crippen LogP contribution is 2.28. The second kappa shape index (κ2) is 7.11. The molecule has 1 atom stereocenters. The van der Waals surface area contributed by atoms with Gasteiger partial charge in [-0.1, -0.05) is 12.1 Å². The fourth-order valence-corrected chi connectivity index (χ4v) is 3.44. The fraction of sp³-hybridized carbons (Fsp3) is 0.0952. The molecular weight excluding hydrogens is 388 g/mol. The third kappa shape index (κ3) is 3.10. The summed E-state index contributed by atoms with van der Waals surface area (Å²) in [6.07, 6.45) is 4.82. The SMILES string of the molecule is C[C@@H](Nc1ncc2cc(-c3ncnc4[nH]ncc34)ccc2n1)c1c(F)cccc1F. The molecule has 3 aromatic heterocycles. The highest BCUT2D eigenvalue weighted by atomic mass is 19.1. The van der Waals surface area contributed by atoms with Gasteiger partial charge in [-0.2, -0.15) is 5.10 Å². The molecule has 0 unspecified atom stereocenters. The second-order valence-electron chi connectivity index (χ2n) is 6.82. The number of aromatic nitrogens is 6. The number of H-pyrrole nitrogens is 1. The third-order valence-electron chi connectivity index (χ3n) is 4.88. The van der Waals surface area contributed by atoms with Crippen LogP contribution < -0.4 is 5.32 Å². The molecule has 7 nitrogen and oxygen atoms in total. The van der Waals surface area contributed by atoms with Crippen molar-refractivity contribution in [3.05, 3.63) is 72.3 Å². The highest BCUT2D eigenvalue weighted by Gasteiger charge is 2.17. The van der Waals surface area contributed by atoms with Crippen molar-refractivity contribution in [2.24, 2.45) is 0 Å². The van der Waals surface area contributed by atoms with Gasteiger partial charge in [0.2, 0.25) is 5.95 Å². The van der Waals surface area contributed by atoms with Gasteiger partial charge in [0.1, 0.15) is 18.0 Å². The van der Waals surface area contributed by atoms with Gasteiger partial charge in [-0.05, 0) is 31.2 Å². The molecule has 3 heterocycles. The van der Waals surface area contributed by atoms with Gasteiger partial charge in [0.05, 0.1) is 28.8 Å². The number of hydrogen-bond donors (Lipinski definition) is 2. The maximum absolute atomic E-state index is 14.0. The minimum Gasteiger partial charge on any atom is -0.347 e. The molecule has 5 rings (SSSR count). The average Bonchev–Trinajstić information content (AvgIpc) is 3.22. The lowest BCUT2D eigenvalue weighted by atomic mass is 10.1. The molecule has 2 aromatic carbocycles. The van der Waals surface area contributed by atoms with E-state index in [1.807, 2.05) is 18.2 Å². The van der Waals surface area contributed by atoms with Crippen LogP contribution in [0.15, 0.2) is 55.1 Å². The molecule has 0 amide bonds. The molecule has 0 aliphatic rings. The minimum atomic E-state index is -0.640. The zero-order chi connectivity index (χ0) is 20.7. The number of fused-ring (bicyclic) bond motifs is 2. The van der Waals surface area contributed by atoms with Crippen molar-refractivity contribution in [3.63, 3.8) is 0 Å². The van der Waals surface area contributed by atoms with Crippen LogP contribution in [0.4, 0.5) is 14.7 Å². The lowest BCUT2D eigenvalue weighted by Crippen LogP contribution is -2.12. The van der Waals surface area contributed by atoms with Gasteiger partial charge >= 0.3 is 0 Å². The Morgan fingerprint density at radius 1 is 1.00 bits per heavy atom. The molecule has 0 bridgehead atoms. The summed E-state index contributed by atoms with van der Waals surface area (Å²) in [7, 11) is 0. The van der Waals surface area contributed by atoms with E-state index in [2.05, 4.69) is 35.5 Å². The van der Waals surface area contributed by atoms with E-state index in [0.29, 0.717) is 11.2 Å². The maximum atomic E-state index is 14.0. The molecule has 9 heteroatoms. The molecule has 0 saturated heterocycles. The summed E-state index contributed by atoms with van der Waals surface area (Å²) in [4.78, 5) is 17.3. The van der Waals surface area contributed by atoms with Crippen molar-refractivity contribution in [1.29, 1.82) is 0 Å². The van der Waals surface area contributed by atoms with Gasteiger partial charge in [0.25, 0.3) is 0 Å². The first kappa shape index (κ1) is 18.0. The number of anilines is 1. The number of aromatic amines is 1. The van der Waals surface area contributed by atoms with Crippen molar-refractivity contribution in [2.45, 2.75) is 13.0 Å². The van der Waals surface area contributed by atoms with Crippen LogP contribution in [-0.2, 0) is 0 Å². The summed E-state index contributed by atoms with van der Waals surface area (Å²) in [6.45, 7) is 1.66. The fourth-order valence-electron chi connectivity index (χ4n) is 3.44. The zero-order valence-electron chi connectivity index (χ0n) is 15.8. The van der Waals surface area contributed by atoms with E-state index in [1.165, 1.54) is 24.5 Å². The summed E-state index contributed by atoms with van der Waals surface area (Å²) in [6, 6.07) is 8.81. The van der Waals surface area contributed by atoms with E-state index in [1.54, 1.807) is 19.3 Å². The highest BCUT2D eigenvalue weighted by molar-refractivity contribution is 5.93. The summed E-state index contributed by atoms with van der Waals surface area (Å²) >= 11 is 0. The number of benzene rings is 2. The molecule has 5 aromatic rings. The Bertz CT molecular complexity index is 1360. The largest absolute Gasteiger partial charge is 0.347 e. The Balaban J connectivity index is 1.47. The monoisotopic (exact) mass is 403 g/mol. The van der Waals surface area contributed by atoms with E-state index >= 15 is 0 Å². The Hall–Kier alpha value is -4.01. The smallest absolute Gasteiger partial charge is 0.223 e. The minimum absolute atomic E-state index is 0.0514. The van der Waals surface area contributed by atoms with Crippen LogP contribution in [0.3, 0.4) is 0 Å². The van der Waals surface area contributed by atoms with Gasteiger partial charge in [-0.25, -0.2) is 28.7 Å². The molecule has 0 radical (unpaired) electrons. The van der Waals surface area contributed by atoms with Crippen molar-refractivity contribution in [3.8, 4) is 11.3 Å². The van der Waals surface area contributed by atoms with E-state index in [9.17, 15) is 8.78 Å². The predicted octanol–water partition coefficient (Wildman–Crippen LogP) is 4.41. The summed E-state index contributed by atoms with van der Waals surface area (Å²) in [5.41, 5.74) is 2.92. The number of hydrogen-bond acceptors (Lipinski definition) is 6. The number of rotatable bonds is 4. The first-order chi connectivity index (χ1) is 14.6. The van der Waals surface area contributed by atoms with Gasteiger partial charge in [0, 0.05) is 22.7 Å². The van der Waals surface area contributed by atoms with Crippen molar-refractivity contribution in [2.75, 3.05) is 5.32 Å². The standard InChI is InChI=1S/C21H15F2N7/c1-11(18-15(22)3-2-4-16(18)23)28-21-24-8-13-7-12(5-6-17(13)29-21)19-14-9-27-30-20(14)26-10-25-19/h2-11H,1H3,(H,24,28,29)(H,25,26,27,30)/t11-/m1/s1. The molecule has 148 valence electrons. The Morgan fingerprint density at radius 2 is 1.83 bits per heavy atom. The first-order valence-corrected chi connectivity index (χ1v) is 9.22. The Kier molecular flexibility index (Phi) is 4.27. The number of halogens is 2. The van der Waals surface area contributed by atoms with E-state index in [0.717, 1.165) is 22.0 Å². The summed E-state index contributed by atoms with van der Waals surface area (Å²) in [5, 5.41) is 11.4. The van der Waals surface area contributed by atoms with Crippen LogP contribution >= 0.6 is 0 Å². The van der Waals surface area contributed by atoms with Gasteiger partial charge in [-0.15, -0.1) is 0 Å². The predicted molar refractivity (Wildman–Crippen MR) is 109 cm³/mol. The molecule has 0 saturated carbocycles. The van der Waals surface area contributed by atoms with Crippen LogP contribution in [0.25, 0.3) is 33.2 Å². The molecular formula is C21H15F2N7. The average molecular weight is 403 g/mol. The van der Waals surface area contributed by atoms with E-state index in [4.69, 9.17) is 0 Å². The van der Waals surface area contributed by atoms with E-state index < -0.39 is 17.7 Å². The van der Waals surface area contributed by atoms with E-state index in [-0.39, 0.29) is 11.5 Å². The van der Waals surface area contributed by atoms with Crippen LogP contribution in [0.1, 0.15) is 18.5 Å². The zero-order valence-corrected chi connectivity index (χ0v) is 15.8. The normalized spacial score (nSPS) is 12.4. The lowest BCUT2D eigenvalue weighted by Gasteiger charge is -2.16. The molecule has 2 N–H and O–H groups in total. The van der Waals surface area contributed by atoms with Crippen LogP contribution in [0, 0.1) is 11.6 Å². The van der Waals surface area contributed by atoms with Crippen LogP contribution in [-0.4, -0.2) is 30.1 Å². The van der Waals surface area contributed by atoms with Gasteiger partial charge in [-0.3, -0.25) is 5.10 Å².